The van der Waals surface area contributed by atoms with Crippen LogP contribution in [0, 0.1) is 5.82 Å². The van der Waals surface area contributed by atoms with Gasteiger partial charge < -0.3 is 10.4 Å². The zero-order valence-corrected chi connectivity index (χ0v) is 11.8. The van der Waals surface area contributed by atoms with Crippen molar-refractivity contribution in [2.45, 2.75) is 18.6 Å². The Labute approximate surface area is 129 Å². The van der Waals surface area contributed by atoms with Gasteiger partial charge in [0.1, 0.15) is 11.6 Å². The molecule has 0 aliphatic rings. The lowest BCUT2D eigenvalue weighted by Gasteiger charge is -2.22. The van der Waals surface area contributed by atoms with E-state index in [1.54, 1.807) is 0 Å². The van der Waals surface area contributed by atoms with Gasteiger partial charge in [0.15, 0.2) is 6.04 Å². The van der Waals surface area contributed by atoms with Crippen molar-refractivity contribution in [1.82, 2.24) is 5.32 Å². The van der Waals surface area contributed by atoms with E-state index in [1.807, 2.05) is 5.32 Å². The maximum atomic E-state index is 13.1. The molecule has 2 N–H and O–H groups in total. The first-order chi connectivity index (χ1) is 10.8. The van der Waals surface area contributed by atoms with Crippen LogP contribution in [0.2, 0.25) is 0 Å². The Morgan fingerprint density at radius 2 is 1.78 bits per heavy atom. The van der Waals surface area contributed by atoms with E-state index in [4.69, 9.17) is 0 Å². The number of alkyl halides is 3. The summed E-state index contributed by atoms with van der Waals surface area (Å²) in [6.07, 6.45) is -5.03. The molecule has 0 saturated heterocycles. The minimum atomic E-state index is -4.72. The first kappa shape index (κ1) is 16.8. The minimum Gasteiger partial charge on any atom is -0.508 e. The number of nitrogens with one attached hydrogen (secondary N) is 1. The molecule has 122 valence electrons. The second kappa shape index (κ2) is 6.68. The molecule has 2 rings (SSSR count). The summed E-state index contributed by atoms with van der Waals surface area (Å²) in [5.74, 6) is -1.61. The smallest absolute Gasteiger partial charge is 0.412 e. The summed E-state index contributed by atoms with van der Waals surface area (Å²) >= 11 is 0. The molecule has 0 heterocycles. The zero-order chi connectivity index (χ0) is 17.0. The quantitative estimate of drug-likeness (QED) is 0.845. The Morgan fingerprint density at radius 3 is 2.35 bits per heavy atom. The van der Waals surface area contributed by atoms with Crippen LogP contribution in [0.5, 0.6) is 5.75 Å². The number of halogens is 4. The molecule has 3 nitrogen and oxygen atoms in total. The number of hydrogen-bond acceptors (Lipinski definition) is 2. The van der Waals surface area contributed by atoms with Gasteiger partial charge in [0.25, 0.3) is 0 Å². The van der Waals surface area contributed by atoms with E-state index >= 15 is 0 Å². The molecular formula is C16H13F4NO2. The van der Waals surface area contributed by atoms with Gasteiger partial charge in [-0.2, -0.15) is 13.2 Å². The Morgan fingerprint density at radius 1 is 1.13 bits per heavy atom. The standard InChI is InChI=1S/C16H13F4NO2/c17-12-6-4-11(5-7-12)15(16(18,19)20)21-14(23)9-10-2-1-3-13(22)8-10/h1-8,15,22H,9H2,(H,21,23)/t15-/m0/s1. The molecule has 7 heteroatoms. The Kier molecular flexibility index (Phi) is 4.88. The molecule has 2 aromatic rings. The summed E-state index contributed by atoms with van der Waals surface area (Å²) in [6.45, 7) is 0. The van der Waals surface area contributed by atoms with E-state index < -0.39 is 23.9 Å². The topological polar surface area (TPSA) is 49.3 Å². The molecule has 1 amide bonds. The van der Waals surface area contributed by atoms with E-state index in [1.165, 1.54) is 24.3 Å². The molecule has 0 bridgehead atoms. The number of hydrogen-bond donors (Lipinski definition) is 2. The predicted molar refractivity (Wildman–Crippen MR) is 75.1 cm³/mol. The largest absolute Gasteiger partial charge is 0.508 e. The van der Waals surface area contributed by atoms with Crippen molar-refractivity contribution in [2.24, 2.45) is 0 Å². The van der Waals surface area contributed by atoms with Gasteiger partial charge >= 0.3 is 6.18 Å². The molecule has 1 atom stereocenters. The summed E-state index contributed by atoms with van der Waals surface area (Å²) in [5.41, 5.74) is 0.116. The Balaban J connectivity index is 2.15. The maximum absolute atomic E-state index is 13.1. The van der Waals surface area contributed by atoms with E-state index in [-0.39, 0.29) is 17.7 Å². The third-order valence-corrected chi connectivity index (χ3v) is 3.11. The van der Waals surface area contributed by atoms with Gasteiger partial charge in [-0.25, -0.2) is 4.39 Å². The average Bonchev–Trinajstić information content (AvgIpc) is 2.45. The van der Waals surface area contributed by atoms with Crippen LogP contribution in [-0.4, -0.2) is 17.2 Å². The Bertz CT molecular complexity index is 683. The third kappa shape index (κ3) is 4.70. The van der Waals surface area contributed by atoms with Crippen molar-refractivity contribution in [3.63, 3.8) is 0 Å². The summed E-state index contributed by atoms with van der Waals surface area (Å²) in [7, 11) is 0. The first-order valence-electron chi connectivity index (χ1n) is 6.65. The third-order valence-electron chi connectivity index (χ3n) is 3.11. The van der Waals surface area contributed by atoms with Crippen LogP contribution in [0.25, 0.3) is 0 Å². The SMILES string of the molecule is O=C(Cc1cccc(O)c1)N[C@@H](c1ccc(F)cc1)C(F)(F)F. The fourth-order valence-corrected chi connectivity index (χ4v) is 2.07. The van der Waals surface area contributed by atoms with E-state index in [9.17, 15) is 27.5 Å². The number of benzene rings is 2. The summed E-state index contributed by atoms with van der Waals surface area (Å²) in [6, 6.07) is 7.19. The molecular weight excluding hydrogens is 314 g/mol. The molecule has 0 aromatic heterocycles. The lowest BCUT2D eigenvalue weighted by atomic mass is 10.1. The number of aromatic hydroxyl groups is 1. The van der Waals surface area contributed by atoms with Crippen molar-refractivity contribution in [3.05, 3.63) is 65.5 Å². The minimum absolute atomic E-state index is 0.0822. The lowest BCUT2D eigenvalue weighted by Crippen LogP contribution is -2.38. The second-order valence-electron chi connectivity index (χ2n) is 4.94. The van der Waals surface area contributed by atoms with Crippen LogP contribution < -0.4 is 5.32 Å². The van der Waals surface area contributed by atoms with Crippen LogP contribution in [0.15, 0.2) is 48.5 Å². The van der Waals surface area contributed by atoms with Crippen LogP contribution >= 0.6 is 0 Å². The molecule has 0 saturated carbocycles. The molecule has 0 radical (unpaired) electrons. The maximum Gasteiger partial charge on any atom is 0.412 e. The van der Waals surface area contributed by atoms with E-state index in [0.717, 1.165) is 24.3 Å². The fraction of sp³-hybridized carbons (Fsp3) is 0.188. The van der Waals surface area contributed by atoms with Gasteiger partial charge in [0.05, 0.1) is 6.42 Å². The van der Waals surface area contributed by atoms with Crippen LogP contribution in [0.3, 0.4) is 0 Å². The van der Waals surface area contributed by atoms with Gasteiger partial charge in [-0.05, 0) is 35.4 Å². The van der Waals surface area contributed by atoms with Gasteiger partial charge in [-0.15, -0.1) is 0 Å². The predicted octanol–water partition coefficient (Wildman–Crippen LogP) is 3.49. The summed E-state index contributed by atoms with van der Waals surface area (Å²) in [4.78, 5) is 11.9. The monoisotopic (exact) mass is 327 g/mol. The lowest BCUT2D eigenvalue weighted by molar-refractivity contribution is -0.163. The molecule has 0 fully saturated rings. The van der Waals surface area contributed by atoms with Gasteiger partial charge in [0, 0.05) is 0 Å². The number of phenols is 1. The Hall–Kier alpha value is -2.57. The van der Waals surface area contributed by atoms with E-state index in [2.05, 4.69) is 0 Å². The van der Waals surface area contributed by atoms with Crippen molar-refractivity contribution >= 4 is 5.91 Å². The van der Waals surface area contributed by atoms with Gasteiger partial charge in [-0.3, -0.25) is 4.79 Å². The van der Waals surface area contributed by atoms with Crippen molar-refractivity contribution in [1.29, 1.82) is 0 Å². The molecule has 0 unspecified atom stereocenters. The second-order valence-corrected chi connectivity index (χ2v) is 4.94. The fourth-order valence-electron chi connectivity index (χ4n) is 2.07. The summed E-state index contributed by atoms with van der Waals surface area (Å²) < 4.78 is 52.2. The number of amides is 1. The number of carbonyl (C=O) groups is 1. The molecule has 2 aromatic carbocycles. The normalized spacial score (nSPS) is 12.7. The molecule has 0 aliphatic heterocycles. The molecule has 0 aliphatic carbocycles. The first-order valence-corrected chi connectivity index (χ1v) is 6.65. The highest BCUT2D eigenvalue weighted by atomic mass is 19.4. The highest BCUT2D eigenvalue weighted by Gasteiger charge is 2.41. The van der Waals surface area contributed by atoms with Gasteiger partial charge in [0.2, 0.25) is 5.91 Å². The van der Waals surface area contributed by atoms with Crippen LogP contribution in [-0.2, 0) is 11.2 Å². The highest BCUT2D eigenvalue weighted by molar-refractivity contribution is 5.79. The molecule has 23 heavy (non-hydrogen) atoms. The van der Waals surface area contributed by atoms with Crippen LogP contribution in [0.4, 0.5) is 17.6 Å². The van der Waals surface area contributed by atoms with Gasteiger partial charge in [-0.1, -0.05) is 24.3 Å². The number of rotatable bonds is 4. The zero-order valence-electron chi connectivity index (χ0n) is 11.8. The number of phenolic OH excluding ortho intramolecular Hbond substituents is 1. The number of carbonyl (C=O) groups excluding carboxylic acids is 1. The van der Waals surface area contributed by atoms with Crippen molar-refractivity contribution in [2.75, 3.05) is 0 Å². The summed E-state index contributed by atoms with van der Waals surface area (Å²) in [5, 5.41) is 11.2. The highest BCUT2D eigenvalue weighted by Crippen LogP contribution is 2.32. The van der Waals surface area contributed by atoms with E-state index in [0.29, 0.717) is 5.56 Å². The van der Waals surface area contributed by atoms with Crippen LogP contribution in [0.1, 0.15) is 17.2 Å². The van der Waals surface area contributed by atoms with Crippen molar-refractivity contribution < 1.29 is 27.5 Å². The van der Waals surface area contributed by atoms with Crippen molar-refractivity contribution in [3.8, 4) is 5.75 Å². The average molecular weight is 327 g/mol. The molecule has 0 spiro atoms.